The van der Waals surface area contributed by atoms with E-state index in [0.29, 0.717) is 16.0 Å². The maximum absolute atomic E-state index is 9.07. The van der Waals surface area contributed by atoms with Crippen molar-refractivity contribution in [3.05, 3.63) is 28.2 Å². The van der Waals surface area contributed by atoms with E-state index < -0.39 is 0 Å². The van der Waals surface area contributed by atoms with Gasteiger partial charge in [0.2, 0.25) is 0 Å². The average Bonchev–Trinajstić information content (AvgIpc) is 2.70. The summed E-state index contributed by atoms with van der Waals surface area (Å²) in [5, 5.41) is 10.3. The molecule has 1 aliphatic rings. The van der Waals surface area contributed by atoms with Gasteiger partial charge in [0.05, 0.1) is 15.7 Å². The van der Waals surface area contributed by atoms with Crippen LogP contribution in [-0.4, -0.2) is 24.8 Å². The van der Waals surface area contributed by atoms with Crippen molar-refractivity contribution in [3.8, 4) is 0 Å². The summed E-state index contributed by atoms with van der Waals surface area (Å²) in [5.74, 6) is 0.361. The highest BCUT2D eigenvalue weighted by atomic mass is 35.5. The van der Waals surface area contributed by atoms with Gasteiger partial charge in [0, 0.05) is 25.6 Å². The fourth-order valence-corrected chi connectivity index (χ4v) is 2.35. The van der Waals surface area contributed by atoms with Crippen molar-refractivity contribution in [1.82, 2.24) is 0 Å². The third-order valence-corrected chi connectivity index (χ3v) is 3.62. The van der Waals surface area contributed by atoms with E-state index in [2.05, 4.69) is 4.90 Å². The predicted octanol–water partition coefficient (Wildman–Crippen LogP) is 2.81. The predicted molar refractivity (Wildman–Crippen MR) is 63.9 cm³/mol. The number of halogens is 2. The quantitative estimate of drug-likeness (QED) is 0.867. The number of benzene rings is 1. The summed E-state index contributed by atoms with van der Waals surface area (Å²) in [6.45, 7) is 2.04. The molecule has 1 unspecified atom stereocenters. The van der Waals surface area contributed by atoms with Crippen LogP contribution in [0.4, 0.5) is 5.69 Å². The SMILES string of the molecule is OCC1CCN(c2cccc(Cl)c2Cl)C1. The Bertz CT molecular complexity index is 356. The molecule has 1 saturated heterocycles. The first-order chi connectivity index (χ1) is 7.22. The minimum absolute atomic E-state index is 0.245. The summed E-state index contributed by atoms with van der Waals surface area (Å²) >= 11 is 12.1. The van der Waals surface area contributed by atoms with E-state index in [4.69, 9.17) is 28.3 Å². The highest BCUT2D eigenvalue weighted by Crippen LogP contribution is 2.34. The van der Waals surface area contributed by atoms with Crippen molar-refractivity contribution >= 4 is 28.9 Å². The maximum atomic E-state index is 9.07. The maximum Gasteiger partial charge on any atom is 0.0825 e. The molecule has 1 atom stereocenters. The van der Waals surface area contributed by atoms with Gasteiger partial charge in [0.15, 0.2) is 0 Å². The van der Waals surface area contributed by atoms with Crippen molar-refractivity contribution < 1.29 is 5.11 Å². The van der Waals surface area contributed by atoms with Gasteiger partial charge in [0.25, 0.3) is 0 Å². The van der Waals surface area contributed by atoms with Gasteiger partial charge in [-0.2, -0.15) is 0 Å². The standard InChI is InChI=1S/C11H13Cl2NO/c12-9-2-1-3-10(11(9)13)14-5-4-8(6-14)7-15/h1-3,8,15H,4-7H2. The van der Waals surface area contributed by atoms with E-state index in [-0.39, 0.29) is 6.61 Å². The van der Waals surface area contributed by atoms with Gasteiger partial charge in [-0.25, -0.2) is 0 Å². The van der Waals surface area contributed by atoms with Gasteiger partial charge in [-0.3, -0.25) is 0 Å². The first kappa shape index (κ1) is 11.1. The topological polar surface area (TPSA) is 23.5 Å². The van der Waals surface area contributed by atoms with E-state index in [9.17, 15) is 0 Å². The number of rotatable bonds is 2. The highest BCUT2D eigenvalue weighted by molar-refractivity contribution is 6.43. The van der Waals surface area contributed by atoms with Crippen LogP contribution in [0.2, 0.25) is 10.0 Å². The van der Waals surface area contributed by atoms with Crippen LogP contribution in [0.25, 0.3) is 0 Å². The minimum Gasteiger partial charge on any atom is -0.396 e. The Labute approximate surface area is 99.4 Å². The van der Waals surface area contributed by atoms with Crippen LogP contribution in [0.1, 0.15) is 6.42 Å². The number of aliphatic hydroxyl groups excluding tert-OH is 1. The lowest BCUT2D eigenvalue weighted by Gasteiger charge is -2.20. The second kappa shape index (κ2) is 4.60. The smallest absolute Gasteiger partial charge is 0.0825 e. The molecule has 0 amide bonds. The lowest BCUT2D eigenvalue weighted by molar-refractivity contribution is 0.238. The molecule has 2 nitrogen and oxygen atoms in total. The number of nitrogens with zero attached hydrogens (tertiary/aromatic N) is 1. The summed E-state index contributed by atoms with van der Waals surface area (Å²) in [6.07, 6.45) is 1.01. The second-order valence-electron chi connectivity index (χ2n) is 3.86. The molecule has 0 saturated carbocycles. The zero-order chi connectivity index (χ0) is 10.8. The Hall–Kier alpha value is -0.440. The van der Waals surface area contributed by atoms with Crippen LogP contribution in [0.3, 0.4) is 0 Å². The molecule has 1 fully saturated rings. The van der Waals surface area contributed by atoms with Gasteiger partial charge in [-0.15, -0.1) is 0 Å². The lowest BCUT2D eigenvalue weighted by atomic mass is 10.1. The normalized spacial score (nSPS) is 21.0. The van der Waals surface area contributed by atoms with Crippen molar-refractivity contribution in [2.75, 3.05) is 24.6 Å². The van der Waals surface area contributed by atoms with Gasteiger partial charge in [-0.05, 0) is 18.6 Å². The fourth-order valence-electron chi connectivity index (χ4n) is 1.94. The Morgan fingerprint density at radius 1 is 1.40 bits per heavy atom. The molecule has 0 aromatic heterocycles. The van der Waals surface area contributed by atoms with Gasteiger partial charge in [-0.1, -0.05) is 29.3 Å². The Morgan fingerprint density at radius 2 is 2.20 bits per heavy atom. The largest absolute Gasteiger partial charge is 0.396 e. The van der Waals surface area contributed by atoms with E-state index in [0.717, 1.165) is 25.2 Å². The molecule has 0 spiro atoms. The second-order valence-corrected chi connectivity index (χ2v) is 4.64. The molecule has 0 radical (unpaired) electrons. The molecule has 1 aromatic carbocycles. The van der Waals surface area contributed by atoms with Crippen LogP contribution >= 0.6 is 23.2 Å². The van der Waals surface area contributed by atoms with Crippen molar-refractivity contribution in [3.63, 3.8) is 0 Å². The Kier molecular flexibility index (Phi) is 3.39. The molecule has 0 bridgehead atoms. The summed E-state index contributed by atoms with van der Waals surface area (Å²) in [4.78, 5) is 2.18. The van der Waals surface area contributed by atoms with E-state index in [1.54, 1.807) is 6.07 Å². The number of hydrogen-bond acceptors (Lipinski definition) is 2. The molecule has 15 heavy (non-hydrogen) atoms. The average molecular weight is 246 g/mol. The van der Waals surface area contributed by atoms with Gasteiger partial charge >= 0.3 is 0 Å². The first-order valence-corrected chi connectivity index (χ1v) is 5.77. The molecule has 0 aliphatic carbocycles. The molecule has 1 aliphatic heterocycles. The van der Waals surface area contributed by atoms with Gasteiger partial charge in [0.1, 0.15) is 0 Å². The molecule has 4 heteroatoms. The summed E-state index contributed by atoms with van der Waals surface area (Å²) in [5.41, 5.74) is 0.972. The number of aliphatic hydroxyl groups is 1. The number of hydrogen-bond donors (Lipinski definition) is 1. The molecule has 2 rings (SSSR count). The first-order valence-electron chi connectivity index (χ1n) is 5.02. The monoisotopic (exact) mass is 245 g/mol. The Balaban J connectivity index is 2.20. The van der Waals surface area contributed by atoms with E-state index in [1.165, 1.54) is 0 Å². The highest BCUT2D eigenvalue weighted by Gasteiger charge is 2.23. The lowest BCUT2D eigenvalue weighted by Crippen LogP contribution is -2.20. The Morgan fingerprint density at radius 3 is 2.87 bits per heavy atom. The van der Waals surface area contributed by atoms with Crippen molar-refractivity contribution in [1.29, 1.82) is 0 Å². The zero-order valence-electron chi connectivity index (χ0n) is 8.29. The summed E-state index contributed by atoms with van der Waals surface area (Å²) in [6, 6.07) is 5.65. The summed E-state index contributed by atoms with van der Waals surface area (Å²) in [7, 11) is 0. The van der Waals surface area contributed by atoms with Crippen LogP contribution in [-0.2, 0) is 0 Å². The van der Waals surface area contributed by atoms with Crippen LogP contribution in [0, 0.1) is 5.92 Å². The third kappa shape index (κ3) is 2.22. The fraction of sp³-hybridized carbons (Fsp3) is 0.455. The van der Waals surface area contributed by atoms with Crippen molar-refractivity contribution in [2.24, 2.45) is 5.92 Å². The van der Waals surface area contributed by atoms with E-state index >= 15 is 0 Å². The molecule has 1 heterocycles. The van der Waals surface area contributed by atoms with Crippen LogP contribution in [0.15, 0.2) is 18.2 Å². The zero-order valence-corrected chi connectivity index (χ0v) is 9.80. The molecular weight excluding hydrogens is 233 g/mol. The van der Waals surface area contributed by atoms with Crippen molar-refractivity contribution in [2.45, 2.75) is 6.42 Å². The molecular formula is C11H13Cl2NO. The molecule has 1 aromatic rings. The molecule has 82 valence electrons. The van der Waals surface area contributed by atoms with Crippen LogP contribution in [0.5, 0.6) is 0 Å². The number of anilines is 1. The summed E-state index contributed by atoms with van der Waals surface area (Å²) < 4.78 is 0. The van der Waals surface area contributed by atoms with Gasteiger partial charge < -0.3 is 10.0 Å². The third-order valence-electron chi connectivity index (χ3n) is 2.82. The minimum atomic E-state index is 0.245. The van der Waals surface area contributed by atoms with Crippen LogP contribution < -0.4 is 4.90 Å². The molecule has 1 N–H and O–H groups in total. The van der Waals surface area contributed by atoms with E-state index in [1.807, 2.05) is 12.1 Å².